The third kappa shape index (κ3) is 2.57. The van der Waals surface area contributed by atoms with Crippen LogP contribution in [0.4, 0.5) is 5.69 Å². The molecule has 0 aliphatic carbocycles. The van der Waals surface area contributed by atoms with E-state index in [2.05, 4.69) is 42.2 Å². The van der Waals surface area contributed by atoms with E-state index in [-0.39, 0.29) is 19.8 Å². The highest BCUT2D eigenvalue weighted by Crippen LogP contribution is 2.35. The second-order valence-corrected chi connectivity index (χ2v) is 6.07. The van der Waals surface area contributed by atoms with E-state index >= 15 is 0 Å². The number of hydrogen-bond acceptors (Lipinski definition) is 5. The first-order valence-electron chi connectivity index (χ1n) is 5.69. The Morgan fingerprint density at radius 3 is 2.37 bits per heavy atom. The molecular weight excluding hydrogens is 380 g/mol. The number of benzene rings is 1. The Morgan fingerprint density at radius 2 is 1.79 bits per heavy atom. The molecule has 0 spiro atoms. The van der Waals surface area contributed by atoms with E-state index < -0.39 is 11.6 Å². The van der Waals surface area contributed by atoms with Crippen LogP contribution in [0.2, 0.25) is 0 Å². The molecule has 1 aromatic carbocycles. The predicted octanol–water partition coefficient (Wildman–Crippen LogP) is 1.31. The van der Waals surface area contributed by atoms with Gasteiger partial charge in [0.2, 0.25) is 0 Å². The number of rotatable bonds is 4. The zero-order valence-corrected chi connectivity index (χ0v) is 13.1. The van der Waals surface area contributed by atoms with Crippen molar-refractivity contribution in [2.45, 2.75) is 6.17 Å². The first kappa shape index (κ1) is 14.9. The van der Waals surface area contributed by atoms with Gasteiger partial charge in [0.1, 0.15) is 10.8 Å². The first-order valence-corrected chi connectivity index (χ1v) is 7.28. The number of fused-ring (bicyclic) bond motifs is 1. The number of nitrogens with zero attached hydrogens (tertiary/aromatic N) is 1. The average molecular weight is 394 g/mol. The summed E-state index contributed by atoms with van der Waals surface area (Å²) in [7, 11) is 0. The zero-order chi connectivity index (χ0) is 14.0. The monoisotopic (exact) mass is 392 g/mol. The molecule has 19 heavy (non-hydrogen) atoms. The highest BCUT2D eigenvalue weighted by Gasteiger charge is 2.40. The topological polar surface area (TPSA) is 85.1 Å². The molecule has 1 aliphatic heterocycles. The van der Waals surface area contributed by atoms with Gasteiger partial charge < -0.3 is 20.6 Å². The molecule has 0 fully saturated rings. The number of nitrogens with one attached hydrogen (secondary N) is 1. The molecule has 1 atom stereocenters. The van der Waals surface area contributed by atoms with Crippen LogP contribution in [0.1, 0.15) is 5.56 Å². The molecule has 0 aromatic heterocycles. The first-order chi connectivity index (χ1) is 9.07. The summed E-state index contributed by atoms with van der Waals surface area (Å²) >= 11 is 6.84. The summed E-state index contributed by atoms with van der Waals surface area (Å²) in [5, 5.41) is 31.5. The van der Waals surface area contributed by atoms with Crippen LogP contribution in [-0.2, 0) is 0 Å². The van der Waals surface area contributed by atoms with E-state index in [4.69, 9.17) is 0 Å². The van der Waals surface area contributed by atoms with Crippen molar-refractivity contribution >= 4 is 42.2 Å². The molecule has 1 aromatic rings. The minimum Gasteiger partial charge on any atom is -0.395 e. The number of anilines is 1. The minimum atomic E-state index is -1.11. The Hall–Kier alpha value is -0.470. The zero-order valence-electron chi connectivity index (χ0n) is 9.98. The second kappa shape index (κ2) is 5.88. The summed E-state index contributed by atoms with van der Waals surface area (Å²) in [5.41, 5.74) is 0.585. The number of aliphatic imine (C=N–C) groups is 1. The molecule has 0 radical (unpaired) electrons. The maximum Gasteiger partial charge on any atom is 0.132 e. The second-order valence-electron chi connectivity index (χ2n) is 4.47. The van der Waals surface area contributed by atoms with Gasteiger partial charge in [-0.1, -0.05) is 6.07 Å². The van der Waals surface area contributed by atoms with Gasteiger partial charge in [-0.3, -0.25) is 4.99 Å². The standard InChI is InChI=1S/C12H14Br2N2O3/c13-7-2-1-3-8-9(7)10(14)16-11(15-8)12(4-17,5-18)6-19/h1-3,11,15,17-19H,4-6H2. The van der Waals surface area contributed by atoms with Crippen molar-refractivity contribution in [1.82, 2.24) is 0 Å². The SMILES string of the molecule is OCC(CO)(CO)C1N=C(Br)c2c(Br)cccc2N1. The lowest BCUT2D eigenvalue weighted by molar-refractivity contribution is -0.00653. The van der Waals surface area contributed by atoms with E-state index in [1.165, 1.54) is 0 Å². The molecular formula is C12H14Br2N2O3. The molecule has 1 heterocycles. The van der Waals surface area contributed by atoms with Crippen LogP contribution in [0.3, 0.4) is 0 Å². The van der Waals surface area contributed by atoms with E-state index in [0.29, 0.717) is 4.62 Å². The third-order valence-corrected chi connectivity index (χ3v) is 4.54. The van der Waals surface area contributed by atoms with Gasteiger partial charge in [0.05, 0.1) is 25.2 Å². The third-order valence-electron chi connectivity index (χ3n) is 3.28. The largest absolute Gasteiger partial charge is 0.395 e. The van der Waals surface area contributed by atoms with Gasteiger partial charge in [0, 0.05) is 15.7 Å². The summed E-state index contributed by atoms with van der Waals surface area (Å²) in [5.74, 6) is 0. The molecule has 5 nitrogen and oxygen atoms in total. The van der Waals surface area contributed by atoms with E-state index in [1.807, 2.05) is 18.2 Å². The van der Waals surface area contributed by atoms with Crippen molar-refractivity contribution in [1.29, 1.82) is 0 Å². The number of hydrogen-bond donors (Lipinski definition) is 4. The van der Waals surface area contributed by atoms with Gasteiger partial charge in [0.25, 0.3) is 0 Å². The molecule has 0 amide bonds. The minimum absolute atomic E-state index is 0.370. The lowest BCUT2D eigenvalue weighted by Crippen LogP contribution is -2.49. The molecule has 0 saturated heterocycles. The van der Waals surface area contributed by atoms with Crippen molar-refractivity contribution in [3.05, 3.63) is 28.2 Å². The average Bonchev–Trinajstić information content (AvgIpc) is 2.41. The van der Waals surface area contributed by atoms with Crippen molar-refractivity contribution in [3.8, 4) is 0 Å². The van der Waals surface area contributed by atoms with Crippen LogP contribution in [0.5, 0.6) is 0 Å². The van der Waals surface area contributed by atoms with E-state index in [0.717, 1.165) is 15.7 Å². The Labute approximate surface area is 127 Å². The summed E-state index contributed by atoms with van der Waals surface area (Å²) in [6.07, 6.45) is -0.608. The number of halogens is 2. The number of aliphatic hydroxyl groups is 3. The van der Waals surface area contributed by atoms with Crippen LogP contribution < -0.4 is 5.32 Å². The van der Waals surface area contributed by atoms with Crippen LogP contribution in [0, 0.1) is 5.41 Å². The van der Waals surface area contributed by atoms with Crippen LogP contribution in [-0.4, -0.2) is 45.9 Å². The molecule has 1 unspecified atom stereocenters. The Balaban J connectivity index is 2.44. The van der Waals surface area contributed by atoms with Crippen molar-refractivity contribution in [2.24, 2.45) is 10.4 Å². The van der Waals surface area contributed by atoms with Gasteiger partial charge >= 0.3 is 0 Å². The molecule has 4 N–H and O–H groups in total. The maximum absolute atomic E-state index is 9.46. The van der Waals surface area contributed by atoms with Crippen molar-refractivity contribution < 1.29 is 15.3 Å². The van der Waals surface area contributed by atoms with Crippen LogP contribution >= 0.6 is 31.9 Å². The summed E-state index contributed by atoms with van der Waals surface area (Å²) in [6, 6.07) is 5.64. The predicted molar refractivity (Wildman–Crippen MR) is 80.7 cm³/mol. The van der Waals surface area contributed by atoms with Gasteiger partial charge in [-0.25, -0.2) is 0 Å². The van der Waals surface area contributed by atoms with Gasteiger partial charge in [-0.05, 0) is 44.0 Å². The lowest BCUT2D eigenvalue weighted by atomic mass is 9.86. The molecule has 0 bridgehead atoms. The van der Waals surface area contributed by atoms with E-state index in [9.17, 15) is 15.3 Å². The summed E-state index contributed by atoms with van der Waals surface area (Å²) in [6.45, 7) is -1.11. The highest BCUT2D eigenvalue weighted by atomic mass is 79.9. The molecule has 104 valence electrons. The van der Waals surface area contributed by atoms with Crippen molar-refractivity contribution in [2.75, 3.05) is 25.1 Å². The fourth-order valence-corrected chi connectivity index (χ4v) is 3.36. The number of aliphatic hydroxyl groups excluding tert-OH is 3. The Morgan fingerprint density at radius 1 is 1.16 bits per heavy atom. The normalized spacial score (nSPS) is 18.6. The maximum atomic E-state index is 9.46. The van der Waals surface area contributed by atoms with Gasteiger partial charge in [-0.15, -0.1) is 0 Å². The summed E-state index contributed by atoms with van der Waals surface area (Å²) in [4.78, 5) is 4.38. The van der Waals surface area contributed by atoms with Crippen LogP contribution in [0.15, 0.2) is 27.7 Å². The molecule has 1 aliphatic rings. The summed E-state index contributed by atoms with van der Waals surface area (Å²) < 4.78 is 1.49. The van der Waals surface area contributed by atoms with Gasteiger partial charge in [0.15, 0.2) is 0 Å². The molecule has 2 rings (SSSR count). The lowest BCUT2D eigenvalue weighted by Gasteiger charge is -2.37. The fraction of sp³-hybridized carbons (Fsp3) is 0.417. The van der Waals surface area contributed by atoms with Gasteiger partial charge in [-0.2, -0.15) is 0 Å². The smallest absolute Gasteiger partial charge is 0.132 e. The molecule has 7 heteroatoms. The Kier molecular flexibility index (Phi) is 4.62. The fourth-order valence-electron chi connectivity index (χ4n) is 1.91. The van der Waals surface area contributed by atoms with Crippen LogP contribution in [0.25, 0.3) is 0 Å². The highest BCUT2D eigenvalue weighted by molar-refractivity contribution is 9.18. The Bertz CT molecular complexity index is 495. The van der Waals surface area contributed by atoms with Crippen molar-refractivity contribution in [3.63, 3.8) is 0 Å². The molecule has 0 saturated carbocycles. The quantitative estimate of drug-likeness (QED) is 0.621. The van der Waals surface area contributed by atoms with E-state index in [1.54, 1.807) is 0 Å².